The topological polar surface area (TPSA) is 197 Å². The Balaban J connectivity index is 1.16. The molecule has 79 heavy (non-hydrogen) atoms. The summed E-state index contributed by atoms with van der Waals surface area (Å²) in [6.45, 7) is 7.18. The number of rotatable bonds is 17. The quantitative estimate of drug-likeness (QED) is 0.0153. The van der Waals surface area contributed by atoms with Crippen LogP contribution in [0.25, 0.3) is 16.8 Å². The second kappa shape index (κ2) is 26.7. The maximum Gasteiger partial charge on any atom is 0.192 e. The van der Waals surface area contributed by atoms with Crippen LogP contribution in [0.15, 0.2) is 113 Å². The van der Waals surface area contributed by atoms with E-state index in [0.29, 0.717) is 79.3 Å². The molecule has 0 radical (unpaired) electrons. The highest BCUT2D eigenvalue weighted by molar-refractivity contribution is 6.01. The third-order valence-corrected chi connectivity index (χ3v) is 16.3. The number of nitrogens with zero attached hydrogens (tertiary/aromatic N) is 1. The maximum absolute atomic E-state index is 14.3. The zero-order chi connectivity index (χ0) is 55.4. The predicted molar refractivity (Wildman–Crippen MR) is 313 cm³/mol. The lowest BCUT2D eigenvalue weighted by atomic mass is 9.73. The van der Waals surface area contributed by atoms with Crippen molar-refractivity contribution in [3.05, 3.63) is 158 Å². The third kappa shape index (κ3) is 13.9. The molecule has 5 aromatic carbocycles. The largest absolute Gasteiger partial charge is 0.508 e. The van der Waals surface area contributed by atoms with Gasteiger partial charge >= 0.3 is 0 Å². The number of aryl methyl sites for hydroxylation is 2. The van der Waals surface area contributed by atoms with Crippen molar-refractivity contribution in [1.29, 1.82) is 0 Å². The number of phenols is 1. The molecule has 0 saturated heterocycles. The summed E-state index contributed by atoms with van der Waals surface area (Å²) in [6, 6.07) is 26.0. The Kier molecular flexibility index (Phi) is 19.2. The van der Waals surface area contributed by atoms with Crippen molar-refractivity contribution in [2.24, 2.45) is 22.6 Å². The number of anilines is 1. The number of Topliss-reactive ketones (excluding diaryl/α,β-unsaturated/α-hetero) is 1. The number of hydrogen-bond donors (Lipinski definition) is 7. The molecule has 4 aliphatic heterocycles. The zero-order valence-electron chi connectivity index (χ0n) is 46.2. The molecule has 6 unspecified atom stereocenters. The van der Waals surface area contributed by atoms with E-state index in [1.807, 2.05) is 48.6 Å². The number of fused-ring (bicyclic) bond motifs is 8. The van der Waals surface area contributed by atoms with Gasteiger partial charge in [-0.1, -0.05) is 86.9 Å². The number of ether oxygens (including phenoxy) is 4. The molecule has 13 heteroatoms. The summed E-state index contributed by atoms with van der Waals surface area (Å²) in [6.07, 6.45) is 16.4. The van der Waals surface area contributed by atoms with E-state index in [2.05, 4.69) is 90.1 Å². The first-order chi connectivity index (χ1) is 38.4. The minimum absolute atomic E-state index is 0.0126. The SMILES string of the molecule is CCNCCCOCCc1cccc(C2CCC3=CC(CCCCc4cccc(NC(N)=NC)c4)C(C=C3O)CC3CC(=O)CCc4ccc(OC)c(c4)OCc4c(C(O)O)cc5c(c(O)cc6c5c4C=CC6C)C2C#CO3)c1. The Morgan fingerprint density at radius 3 is 2.59 bits per heavy atom. The maximum atomic E-state index is 14.3. The monoisotopic (exact) mass is 1070 g/mol. The van der Waals surface area contributed by atoms with Crippen LogP contribution in [0.4, 0.5) is 5.69 Å². The molecular weight excluding hydrogens is 993 g/mol. The van der Waals surface area contributed by atoms with E-state index in [-0.39, 0.29) is 66.0 Å². The lowest BCUT2D eigenvalue weighted by Crippen LogP contribution is -2.25. The molecule has 0 fully saturated rings. The number of nitrogens with two attached hydrogens (primary N) is 1. The molecular formula is C66H78N4O9. The van der Waals surface area contributed by atoms with Gasteiger partial charge in [-0.15, -0.1) is 0 Å². The molecule has 10 bridgehead atoms. The van der Waals surface area contributed by atoms with Crippen molar-refractivity contribution in [3.63, 3.8) is 0 Å². The molecule has 5 aromatic rings. The van der Waals surface area contributed by atoms with Gasteiger partial charge in [0.25, 0.3) is 0 Å². The summed E-state index contributed by atoms with van der Waals surface area (Å²) < 4.78 is 25.2. The van der Waals surface area contributed by atoms with E-state index < -0.39 is 18.3 Å². The van der Waals surface area contributed by atoms with Gasteiger partial charge in [-0.05, 0) is 175 Å². The van der Waals surface area contributed by atoms with E-state index in [4.69, 9.17) is 24.7 Å². The number of aliphatic imine (C=N–C) groups is 1. The average Bonchev–Trinajstić information content (AvgIpc) is 3.64. The van der Waals surface area contributed by atoms with Crippen molar-refractivity contribution in [2.45, 2.75) is 128 Å². The third-order valence-electron chi connectivity index (χ3n) is 16.3. The zero-order valence-corrected chi connectivity index (χ0v) is 46.2. The normalized spacial score (nSPS) is 21.2. The molecule has 8 N–H and O–H groups in total. The minimum atomic E-state index is -1.90. The van der Waals surface area contributed by atoms with Gasteiger partial charge in [0.15, 0.2) is 23.7 Å². The Morgan fingerprint density at radius 2 is 1.78 bits per heavy atom. The van der Waals surface area contributed by atoms with Crippen molar-refractivity contribution >= 4 is 34.3 Å². The highest BCUT2D eigenvalue weighted by atomic mass is 16.5. The first-order valence-corrected chi connectivity index (χ1v) is 28.4. The number of aromatic hydroxyl groups is 1. The number of aliphatic hydroxyl groups excluding tert-OH is 2. The number of nitrogens with one attached hydrogen (secondary N) is 2. The molecule has 0 spiro atoms. The predicted octanol–water partition coefficient (Wildman–Crippen LogP) is 11.5. The molecule has 13 nitrogen and oxygen atoms in total. The van der Waals surface area contributed by atoms with Crippen LogP contribution in [0.5, 0.6) is 17.2 Å². The molecule has 0 amide bonds. The molecule has 6 atom stereocenters. The number of phenolic OH excluding ortho intramolecular Hbond substituents is 1. The molecule has 0 saturated carbocycles. The van der Waals surface area contributed by atoms with E-state index in [0.717, 1.165) is 89.7 Å². The van der Waals surface area contributed by atoms with Gasteiger partial charge < -0.3 is 55.7 Å². The van der Waals surface area contributed by atoms with Crippen molar-refractivity contribution in [1.82, 2.24) is 5.32 Å². The van der Waals surface area contributed by atoms with Crippen LogP contribution in [-0.4, -0.2) is 78.7 Å². The van der Waals surface area contributed by atoms with E-state index in [1.54, 1.807) is 20.2 Å². The summed E-state index contributed by atoms with van der Waals surface area (Å²) in [5, 5.41) is 55.5. The highest BCUT2D eigenvalue weighted by Crippen LogP contribution is 2.50. The van der Waals surface area contributed by atoms with Crippen molar-refractivity contribution in [2.75, 3.05) is 45.8 Å². The van der Waals surface area contributed by atoms with Crippen LogP contribution < -0.4 is 25.8 Å². The van der Waals surface area contributed by atoms with Gasteiger partial charge in [-0.3, -0.25) is 9.79 Å². The van der Waals surface area contributed by atoms with E-state index in [1.165, 1.54) is 5.56 Å². The molecule has 416 valence electrons. The van der Waals surface area contributed by atoms with Gasteiger partial charge in [0, 0.05) is 60.7 Å². The fourth-order valence-corrected chi connectivity index (χ4v) is 12.1. The van der Waals surface area contributed by atoms with Crippen LogP contribution >= 0.6 is 0 Å². The number of guanidine groups is 1. The van der Waals surface area contributed by atoms with Crippen LogP contribution in [0.3, 0.4) is 0 Å². The lowest BCUT2D eigenvalue weighted by molar-refractivity contribution is -0.121. The Bertz CT molecular complexity index is 3170. The fourth-order valence-electron chi connectivity index (χ4n) is 12.1. The number of methoxy groups -OCH3 is 1. The van der Waals surface area contributed by atoms with Crippen molar-refractivity contribution in [3.8, 4) is 29.3 Å². The first-order valence-electron chi connectivity index (χ1n) is 28.4. The number of carbonyl (C=O) groups excluding carboxylic acids is 1. The summed E-state index contributed by atoms with van der Waals surface area (Å²) >= 11 is 0. The number of carbonyl (C=O) groups is 1. The summed E-state index contributed by atoms with van der Waals surface area (Å²) in [4.78, 5) is 18.3. The highest BCUT2D eigenvalue weighted by Gasteiger charge is 2.35. The van der Waals surface area contributed by atoms with E-state index in [9.17, 15) is 25.2 Å². The lowest BCUT2D eigenvalue weighted by Gasteiger charge is -2.31. The van der Waals surface area contributed by atoms with Gasteiger partial charge in [-0.2, -0.15) is 0 Å². The Hall–Kier alpha value is -7.08. The van der Waals surface area contributed by atoms with Gasteiger partial charge in [0.2, 0.25) is 0 Å². The summed E-state index contributed by atoms with van der Waals surface area (Å²) in [5.74, 6) is 3.87. The fraction of sp³-hybridized carbons (Fsp3) is 0.424. The summed E-state index contributed by atoms with van der Waals surface area (Å²) in [7, 11) is 3.23. The molecule has 11 rings (SSSR count). The Morgan fingerprint density at radius 1 is 0.949 bits per heavy atom. The second-order valence-electron chi connectivity index (χ2n) is 21.6. The van der Waals surface area contributed by atoms with Crippen LogP contribution in [-0.2, 0) is 40.1 Å². The van der Waals surface area contributed by atoms with Gasteiger partial charge in [0.1, 0.15) is 36.1 Å². The minimum Gasteiger partial charge on any atom is -0.508 e. The Labute approximate surface area is 465 Å². The number of ketones is 1. The average molecular weight is 1070 g/mol. The second-order valence-corrected chi connectivity index (χ2v) is 21.6. The molecule has 2 aliphatic carbocycles. The first kappa shape index (κ1) is 56.6. The number of hydrogen-bond acceptors (Lipinski definition) is 11. The molecule has 4 heterocycles. The van der Waals surface area contributed by atoms with Crippen LogP contribution in [0.2, 0.25) is 0 Å². The number of aliphatic hydroxyl groups is 3. The number of allylic oxidation sites excluding steroid dienone is 4. The number of benzene rings is 5. The number of unbranched alkanes of at least 4 members (excludes halogenated alkanes) is 1. The molecule has 6 aliphatic rings. The van der Waals surface area contributed by atoms with Gasteiger partial charge in [0.05, 0.1) is 19.6 Å². The smallest absolute Gasteiger partial charge is 0.192 e. The molecule has 0 aromatic heterocycles. The van der Waals surface area contributed by atoms with Crippen LogP contribution in [0, 0.1) is 23.9 Å². The standard InChI is InChI=1S/C66H78N4O9/c1-5-69-27-10-28-77-29-25-43-12-8-15-46(31-43)52-23-20-47-34-45(14-7-6-11-42-13-9-16-49(32-42)70-66(67)68-3)48(36-59(47)72)35-51-37-50(71)21-18-44-19-24-61(76-4)62(33-44)79-40-58-53-22-17-41(2)55-39-60(73)64(54(52)26-30-78-51)57(63(53)55)38-56(58)65(74)75/h8-9,12-13,15-17,19,22,24,31-34,36,38-39,41,45,48,51-52,54,65,69,72-75H,5-7,10-11,14,18,20-21,23,25,27-29,35,37,40H2,1-4H3,(H3,67,68,70). The van der Waals surface area contributed by atoms with Crippen LogP contribution in [0.1, 0.15) is 146 Å². The van der Waals surface area contributed by atoms with Gasteiger partial charge in [-0.25, -0.2) is 0 Å². The van der Waals surface area contributed by atoms with Crippen molar-refractivity contribution < 1.29 is 44.2 Å². The van der Waals surface area contributed by atoms with E-state index >= 15 is 0 Å². The summed E-state index contributed by atoms with van der Waals surface area (Å²) in [5.41, 5.74) is 14.8.